The number of carbonyl (C=O) groups excluding carboxylic acids is 1. The van der Waals surface area contributed by atoms with E-state index >= 15 is 0 Å². The molecule has 288 valence electrons. The van der Waals surface area contributed by atoms with Gasteiger partial charge in [-0.25, -0.2) is 31.3 Å². The van der Waals surface area contributed by atoms with Crippen molar-refractivity contribution >= 4 is 66.9 Å². The van der Waals surface area contributed by atoms with Gasteiger partial charge in [0.15, 0.2) is 5.82 Å². The summed E-state index contributed by atoms with van der Waals surface area (Å²) in [6, 6.07) is 16.2. The molecule has 1 amide bonds. The third-order valence-corrected chi connectivity index (χ3v) is 10.2. The maximum absolute atomic E-state index is 14.8. The molecule has 6 aromatic rings. The van der Waals surface area contributed by atoms with E-state index in [9.17, 15) is 26.8 Å². The molecule has 6 rings (SSSR count). The molecule has 0 bridgehead atoms. The van der Waals surface area contributed by atoms with Crippen molar-refractivity contribution in [3.05, 3.63) is 122 Å². The van der Waals surface area contributed by atoms with Crippen LogP contribution in [0.2, 0.25) is 10.0 Å². The number of rotatable bonds is 10. The summed E-state index contributed by atoms with van der Waals surface area (Å²) < 4.78 is 70.3. The topological polar surface area (TPSA) is 138 Å². The summed E-state index contributed by atoms with van der Waals surface area (Å²) in [5.74, 6) is -1.22. The molecule has 0 fully saturated rings. The first kappa shape index (κ1) is 39.4. The lowest BCUT2D eigenvalue weighted by Gasteiger charge is -2.26. The Labute approximate surface area is 325 Å². The number of hydrogen-bond acceptors (Lipinski definition) is 8. The molecule has 1 N–H and O–H groups in total. The van der Waals surface area contributed by atoms with Crippen LogP contribution < -0.4 is 19.9 Å². The smallest absolute Gasteiger partial charge is 0.408 e. The molecular weight excluding hydrogens is 777 g/mol. The maximum Gasteiger partial charge on any atom is 0.408 e. The first-order valence-corrected chi connectivity index (χ1v) is 19.4. The summed E-state index contributed by atoms with van der Waals surface area (Å²) in [5.41, 5.74) is -0.329. The average molecular weight is 814 g/mol. The van der Waals surface area contributed by atoms with Gasteiger partial charge in [-0.05, 0) is 80.4 Å². The van der Waals surface area contributed by atoms with Gasteiger partial charge >= 0.3 is 6.09 Å². The molecular formula is C38H36Cl2F2N6O6S. The first-order chi connectivity index (χ1) is 25.8. The second-order valence-electron chi connectivity index (χ2n) is 13.8. The van der Waals surface area contributed by atoms with Crippen LogP contribution in [0.3, 0.4) is 0 Å². The van der Waals surface area contributed by atoms with Gasteiger partial charge in [0.05, 0.1) is 63.5 Å². The SMILES string of the molecule is COc1ccc(CN(c2nn(C)c3c(-n4c([C@H](Cc5cc(F)cc(F)c5)NC(=O)OC(C)(C)C)nc5cccc(Cl)c5c4=O)ccc(Cl)c23)S(C)(=O)=O)cc1. The number of anilines is 1. The number of methoxy groups -OCH3 is 1. The Hall–Kier alpha value is -5.25. The predicted octanol–water partition coefficient (Wildman–Crippen LogP) is 7.64. The molecule has 0 radical (unpaired) electrons. The van der Waals surface area contributed by atoms with Crippen LogP contribution in [-0.2, 0) is 34.8 Å². The Morgan fingerprint density at radius 1 is 0.964 bits per heavy atom. The fraction of sp³-hybridized carbons (Fsp3) is 0.263. The summed E-state index contributed by atoms with van der Waals surface area (Å²) >= 11 is 13.4. The molecule has 4 aromatic carbocycles. The summed E-state index contributed by atoms with van der Waals surface area (Å²) in [6.45, 7) is 4.86. The van der Waals surface area contributed by atoms with Crippen LogP contribution in [0.15, 0.2) is 77.6 Å². The third kappa shape index (κ3) is 8.38. The summed E-state index contributed by atoms with van der Waals surface area (Å²) in [6.07, 6.45) is -0.106. The van der Waals surface area contributed by atoms with Crippen LogP contribution in [0.25, 0.3) is 27.5 Å². The largest absolute Gasteiger partial charge is 0.497 e. The number of halogens is 4. The molecule has 0 aliphatic rings. The van der Waals surface area contributed by atoms with Gasteiger partial charge in [-0.2, -0.15) is 5.10 Å². The highest BCUT2D eigenvalue weighted by Gasteiger charge is 2.31. The maximum atomic E-state index is 14.8. The Morgan fingerprint density at radius 3 is 2.24 bits per heavy atom. The van der Waals surface area contributed by atoms with Gasteiger partial charge in [0.1, 0.15) is 28.8 Å². The van der Waals surface area contributed by atoms with E-state index in [4.69, 9.17) is 37.7 Å². The van der Waals surface area contributed by atoms with E-state index < -0.39 is 45.0 Å². The highest BCUT2D eigenvalue weighted by molar-refractivity contribution is 7.92. The number of sulfonamides is 1. The van der Waals surface area contributed by atoms with Gasteiger partial charge in [-0.1, -0.05) is 41.4 Å². The van der Waals surface area contributed by atoms with E-state index in [0.29, 0.717) is 17.4 Å². The van der Waals surface area contributed by atoms with Crippen molar-refractivity contribution in [2.75, 3.05) is 17.7 Å². The lowest BCUT2D eigenvalue weighted by atomic mass is 10.0. The molecule has 0 saturated carbocycles. The molecule has 0 unspecified atom stereocenters. The lowest BCUT2D eigenvalue weighted by Crippen LogP contribution is -2.39. The Balaban J connectivity index is 1.63. The van der Waals surface area contributed by atoms with Gasteiger partial charge in [0, 0.05) is 19.5 Å². The number of nitrogens with zero attached hydrogens (tertiary/aromatic N) is 5. The minimum atomic E-state index is -3.99. The number of hydrogen-bond donors (Lipinski definition) is 1. The van der Waals surface area contributed by atoms with Crippen LogP contribution in [0.4, 0.5) is 19.4 Å². The monoisotopic (exact) mass is 812 g/mol. The highest BCUT2D eigenvalue weighted by Crippen LogP contribution is 2.38. The quantitative estimate of drug-likeness (QED) is 0.149. The molecule has 2 aromatic heterocycles. The fourth-order valence-electron chi connectivity index (χ4n) is 6.23. The molecule has 0 aliphatic heterocycles. The Kier molecular flexibility index (Phi) is 10.8. The number of amides is 1. The number of fused-ring (bicyclic) bond motifs is 2. The number of benzene rings is 4. The predicted molar refractivity (Wildman–Crippen MR) is 208 cm³/mol. The summed E-state index contributed by atoms with van der Waals surface area (Å²) in [4.78, 5) is 33.0. The summed E-state index contributed by atoms with van der Waals surface area (Å²) in [7, 11) is -0.921. The second-order valence-corrected chi connectivity index (χ2v) is 16.5. The molecule has 17 heteroatoms. The number of aromatic nitrogens is 4. The third-order valence-electron chi connectivity index (χ3n) is 8.50. The summed E-state index contributed by atoms with van der Waals surface area (Å²) in [5, 5.41) is 7.76. The van der Waals surface area contributed by atoms with Gasteiger partial charge in [-0.15, -0.1) is 0 Å². The van der Waals surface area contributed by atoms with E-state index in [1.54, 1.807) is 64.2 Å². The molecule has 0 saturated heterocycles. The molecule has 2 heterocycles. The van der Waals surface area contributed by atoms with Crippen molar-refractivity contribution in [2.45, 2.75) is 45.4 Å². The molecule has 1 atom stereocenters. The normalized spacial score (nSPS) is 12.5. The lowest BCUT2D eigenvalue weighted by molar-refractivity contribution is 0.0500. The number of nitrogens with one attached hydrogen (secondary N) is 1. The number of ether oxygens (including phenoxy) is 2. The van der Waals surface area contributed by atoms with Gasteiger partial charge in [0.2, 0.25) is 10.0 Å². The van der Waals surface area contributed by atoms with E-state index in [0.717, 1.165) is 22.7 Å². The minimum Gasteiger partial charge on any atom is -0.497 e. The van der Waals surface area contributed by atoms with Crippen LogP contribution >= 0.6 is 23.2 Å². The Morgan fingerprint density at radius 2 is 1.62 bits per heavy atom. The molecule has 12 nitrogen and oxygen atoms in total. The highest BCUT2D eigenvalue weighted by atomic mass is 35.5. The van der Waals surface area contributed by atoms with Crippen molar-refractivity contribution in [1.82, 2.24) is 24.6 Å². The van der Waals surface area contributed by atoms with E-state index in [2.05, 4.69) is 10.4 Å². The van der Waals surface area contributed by atoms with E-state index in [-0.39, 0.29) is 67.7 Å². The van der Waals surface area contributed by atoms with Crippen molar-refractivity contribution in [3.63, 3.8) is 0 Å². The van der Waals surface area contributed by atoms with Gasteiger partial charge in [0.25, 0.3) is 5.56 Å². The van der Waals surface area contributed by atoms with Crippen molar-refractivity contribution in [3.8, 4) is 11.4 Å². The van der Waals surface area contributed by atoms with Crippen LogP contribution in [0, 0.1) is 11.6 Å². The van der Waals surface area contributed by atoms with Gasteiger partial charge < -0.3 is 14.8 Å². The van der Waals surface area contributed by atoms with Gasteiger partial charge in [-0.3, -0.25) is 14.0 Å². The number of carbonyl (C=O) groups is 1. The molecule has 0 spiro atoms. The second kappa shape index (κ2) is 15.1. The van der Waals surface area contributed by atoms with Crippen molar-refractivity contribution in [2.24, 2.45) is 7.05 Å². The van der Waals surface area contributed by atoms with E-state index in [1.807, 2.05) is 0 Å². The zero-order valence-electron chi connectivity index (χ0n) is 30.5. The Bertz CT molecular complexity index is 2610. The standard InChI is InChI=1S/C38H36Cl2F2N6O6S/c1-38(2,3)54-37(50)44-29(18-22-16-23(41)19-24(42)17-22)34-43-28-9-7-8-26(39)31(28)36(49)48(34)30-15-14-27(40)32-33(30)46(4)45-35(32)47(55(6,51)52)20-21-10-12-25(53-5)13-11-21/h7-17,19,29H,18,20H2,1-6H3,(H,44,50)/t29-/m0/s1. The number of aryl methyl sites for hydroxylation is 1. The molecule has 0 aliphatic carbocycles. The average Bonchev–Trinajstić information content (AvgIpc) is 3.43. The van der Waals surface area contributed by atoms with Crippen LogP contribution in [0.5, 0.6) is 5.75 Å². The van der Waals surface area contributed by atoms with E-state index in [1.165, 1.54) is 34.6 Å². The minimum absolute atomic E-state index is 0.0253. The van der Waals surface area contributed by atoms with Crippen molar-refractivity contribution < 1.29 is 31.5 Å². The zero-order valence-corrected chi connectivity index (χ0v) is 32.9. The molecule has 55 heavy (non-hydrogen) atoms. The van der Waals surface area contributed by atoms with Crippen LogP contribution in [-0.4, -0.2) is 52.8 Å². The zero-order chi connectivity index (χ0) is 40.0. The van der Waals surface area contributed by atoms with Crippen LogP contribution in [0.1, 0.15) is 43.8 Å². The van der Waals surface area contributed by atoms with Crippen molar-refractivity contribution in [1.29, 1.82) is 0 Å². The fourth-order valence-corrected chi connectivity index (χ4v) is 7.55. The number of alkyl carbamates (subject to hydrolysis) is 1. The first-order valence-electron chi connectivity index (χ1n) is 16.8.